The zero-order valence-electron chi connectivity index (χ0n) is 21.8. The van der Waals surface area contributed by atoms with E-state index in [9.17, 15) is 8.78 Å². The fourth-order valence-electron chi connectivity index (χ4n) is 5.72. The van der Waals surface area contributed by atoms with Crippen molar-refractivity contribution in [3.8, 4) is 11.1 Å². The molecule has 1 atom stereocenters. The van der Waals surface area contributed by atoms with E-state index in [1.54, 1.807) is 0 Å². The third-order valence-electron chi connectivity index (χ3n) is 8.31. The van der Waals surface area contributed by atoms with Gasteiger partial charge in [-0.25, -0.2) is 8.78 Å². The van der Waals surface area contributed by atoms with Gasteiger partial charge in [-0.1, -0.05) is 56.4 Å². The van der Waals surface area contributed by atoms with E-state index in [2.05, 4.69) is 75.0 Å². The monoisotopic (exact) mass is 477 g/mol. The molecule has 1 heterocycles. The Kier molecular flexibility index (Phi) is 7.83. The second kappa shape index (κ2) is 10.7. The quantitative estimate of drug-likeness (QED) is 0.298. The average Bonchev–Trinajstić information content (AvgIpc) is 2.98. The lowest BCUT2D eigenvalue weighted by Crippen LogP contribution is -2.33. The van der Waals surface area contributed by atoms with Gasteiger partial charge < -0.3 is 4.57 Å². The van der Waals surface area contributed by atoms with E-state index >= 15 is 0 Å². The van der Waals surface area contributed by atoms with Crippen molar-refractivity contribution < 1.29 is 8.78 Å². The molecule has 1 fully saturated rings. The predicted molar refractivity (Wildman–Crippen MR) is 145 cm³/mol. The van der Waals surface area contributed by atoms with Crippen molar-refractivity contribution in [2.24, 2.45) is 11.8 Å². The molecule has 2 aromatic rings. The number of rotatable bonds is 6. The van der Waals surface area contributed by atoms with E-state index in [0.29, 0.717) is 12.8 Å². The second-order valence-corrected chi connectivity index (χ2v) is 10.9. The van der Waals surface area contributed by atoms with Gasteiger partial charge in [0.15, 0.2) is 0 Å². The minimum atomic E-state index is -2.50. The minimum absolute atomic E-state index is 0.000298. The molecule has 1 unspecified atom stereocenters. The molecule has 1 aromatic carbocycles. The number of hydrogen-bond donors (Lipinski definition) is 0. The summed E-state index contributed by atoms with van der Waals surface area (Å²) in [4.78, 5) is 0. The molecular weight excluding hydrogens is 436 g/mol. The van der Waals surface area contributed by atoms with Crippen molar-refractivity contribution >= 4 is 12.7 Å². The number of aromatic nitrogens is 1. The Morgan fingerprint density at radius 1 is 1.14 bits per heavy atom. The lowest BCUT2D eigenvalue weighted by atomic mass is 9.87. The minimum Gasteiger partial charge on any atom is -0.347 e. The fraction of sp³-hybridized carbons (Fsp3) is 0.500. The number of aryl methyl sites for hydroxylation is 2. The molecule has 0 saturated heterocycles. The molecule has 0 spiro atoms. The van der Waals surface area contributed by atoms with E-state index in [0.717, 1.165) is 34.7 Å². The highest BCUT2D eigenvalue weighted by atomic mass is 19.3. The zero-order chi connectivity index (χ0) is 25.2. The van der Waals surface area contributed by atoms with Crippen LogP contribution in [0.25, 0.3) is 23.8 Å². The van der Waals surface area contributed by atoms with Gasteiger partial charge in [0.25, 0.3) is 0 Å². The van der Waals surface area contributed by atoms with Gasteiger partial charge in [-0.05, 0) is 86.6 Å². The molecule has 4 rings (SSSR count). The number of nitrogens with zero attached hydrogens (tertiary/aromatic N) is 1. The van der Waals surface area contributed by atoms with Crippen molar-refractivity contribution in [1.29, 1.82) is 0 Å². The van der Waals surface area contributed by atoms with Crippen molar-refractivity contribution in [1.82, 2.24) is 4.57 Å². The molecule has 1 aromatic heterocycles. The van der Waals surface area contributed by atoms with E-state index in [4.69, 9.17) is 0 Å². The van der Waals surface area contributed by atoms with E-state index in [-0.39, 0.29) is 24.7 Å². The number of hydrogen-bond acceptors (Lipinski definition) is 0. The first-order chi connectivity index (χ1) is 16.7. The maximum absolute atomic E-state index is 13.8. The van der Waals surface area contributed by atoms with E-state index in [1.165, 1.54) is 47.9 Å². The van der Waals surface area contributed by atoms with Crippen LogP contribution in [0.1, 0.15) is 76.8 Å². The Morgan fingerprint density at radius 3 is 2.49 bits per heavy atom. The molecule has 2 aliphatic carbocycles. The summed E-state index contributed by atoms with van der Waals surface area (Å²) in [5.41, 5.74) is 7.66. The SMILES string of the molecule is C=C(C)C(C)C(=C/C)/C=c1\c(=C)c(-c2ccc3c(c2)CCCCC3)cn1CC1CCC(F)(F)CC1. The predicted octanol–water partition coefficient (Wildman–Crippen LogP) is 7.60. The normalized spacial score (nSPS) is 20.4. The Morgan fingerprint density at radius 2 is 1.83 bits per heavy atom. The Balaban J connectivity index is 1.77. The summed E-state index contributed by atoms with van der Waals surface area (Å²) in [5, 5.41) is 2.11. The summed E-state index contributed by atoms with van der Waals surface area (Å²) >= 11 is 0. The lowest BCUT2D eigenvalue weighted by Gasteiger charge is -2.28. The van der Waals surface area contributed by atoms with Gasteiger partial charge in [0, 0.05) is 47.6 Å². The maximum Gasteiger partial charge on any atom is 0.248 e. The second-order valence-electron chi connectivity index (χ2n) is 10.9. The van der Waals surface area contributed by atoms with Gasteiger partial charge in [-0.2, -0.15) is 0 Å². The molecule has 0 N–H and O–H groups in total. The molecule has 1 saturated carbocycles. The molecular formula is C32H41F2N. The highest BCUT2D eigenvalue weighted by Crippen LogP contribution is 2.36. The standard InChI is InChI=1S/C32H41F2N/c1-6-26(23(4)22(2)3)19-31-24(5)30(21-35(31)20-25-14-16-32(33,34)17-15-25)29-13-12-27-10-8-7-9-11-28(27)18-29/h6,12-13,18-19,21,23,25H,2,5,7-11,14-17,20H2,1,3-4H3/b26-6+,31-19+. The van der Waals surface area contributed by atoms with Crippen molar-refractivity contribution in [3.63, 3.8) is 0 Å². The molecule has 0 aliphatic heterocycles. The maximum atomic E-state index is 13.8. The van der Waals surface area contributed by atoms with Crippen LogP contribution >= 0.6 is 0 Å². The molecule has 1 nitrogen and oxygen atoms in total. The summed E-state index contributed by atoms with van der Waals surface area (Å²) in [7, 11) is 0. The van der Waals surface area contributed by atoms with Crippen LogP contribution in [-0.4, -0.2) is 10.5 Å². The first kappa shape index (κ1) is 25.7. The summed E-state index contributed by atoms with van der Waals surface area (Å²) < 4.78 is 29.9. The van der Waals surface area contributed by atoms with Crippen LogP contribution in [0.4, 0.5) is 8.78 Å². The number of benzene rings is 1. The number of halogens is 2. The van der Waals surface area contributed by atoms with Crippen LogP contribution in [0, 0.1) is 11.8 Å². The lowest BCUT2D eigenvalue weighted by molar-refractivity contribution is -0.0473. The topological polar surface area (TPSA) is 4.93 Å². The molecule has 0 bridgehead atoms. The van der Waals surface area contributed by atoms with Crippen LogP contribution in [0.3, 0.4) is 0 Å². The summed E-state index contributed by atoms with van der Waals surface area (Å²) in [6.07, 6.45) is 13.9. The van der Waals surface area contributed by atoms with Crippen LogP contribution in [0.2, 0.25) is 0 Å². The van der Waals surface area contributed by atoms with Gasteiger partial charge in [-0.3, -0.25) is 0 Å². The first-order valence-electron chi connectivity index (χ1n) is 13.4. The van der Waals surface area contributed by atoms with Gasteiger partial charge in [0.1, 0.15) is 0 Å². The van der Waals surface area contributed by atoms with E-state index < -0.39 is 5.92 Å². The molecule has 0 amide bonds. The smallest absolute Gasteiger partial charge is 0.248 e. The highest BCUT2D eigenvalue weighted by Gasteiger charge is 2.35. The van der Waals surface area contributed by atoms with Crippen molar-refractivity contribution in [2.75, 3.05) is 0 Å². The highest BCUT2D eigenvalue weighted by molar-refractivity contribution is 5.67. The van der Waals surface area contributed by atoms with Crippen LogP contribution in [0.15, 0.2) is 48.2 Å². The third-order valence-corrected chi connectivity index (χ3v) is 8.31. The average molecular weight is 478 g/mol. The number of alkyl halides is 2. The molecule has 2 aliphatic rings. The van der Waals surface area contributed by atoms with Crippen LogP contribution in [0.5, 0.6) is 0 Å². The third kappa shape index (κ3) is 5.88. The molecule has 0 radical (unpaired) electrons. The summed E-state index contributed by atoms with van der Waals surface area (Å²) in [6.45, 7) is 15.8. The van der Waals surface area contributed by atoms with Gasteiger partial charge in [0.2, 0.25) is 5.92 Å². The molecule has 35 heavy (non-hydrogen) atoms. The fourth-order valence-corrected chi connectivity index (χ4v) is 5.72. The Bertz CT molecular complexity index is 1200. The van der Waals surface area contributed by atoms with Gasteiger partial charge in [-0.15, -0.1) is 0 Å². The van der Waals surface area contributed by atoms with E-state index in [1.807, 2.05) is 0 Å². The number of fused-ring (bicyclic) bond motifs is 1. The number of allylic oxidation sites excluding steroid dienone is 3. The Labute approximate surface area is 209 Å². The summed E-state index contributed by atoms with van der Waals surface area (Å²) in [5.74, 6) is -1.99. The van der Waals surface area contributed by atoms with Gasteiger partial charge >= 0.3 is 0 Å². The largest absolute Gasteiger partial charge is 0.347 e. The first-order valence-corrected chi connectivity index (χ1v) is 13.4. The van der Waals surface area contributed by atoms with Crippen LogP contribution < -0.4 is 10.6 Å². The Hall–Kier alpha value is -2.42. The zero-order valence-corrected chi connectivity index (χ0v) is 21.8. The van der Waals surface area contributed by atoms with Gasteiger partial charge in [0.05, 0.1) is 0 Å². The van der Waals surface area contributed by atoms with Crippen molar-refractivity contribution in [2.45, 2.75) is 91.0 Å². The summed E-state index contributed by atoms with van der Waals surface area (Å²) in [6, 6.07) is 6.92. The molecule has 3 heteroatoms. The van der Waals surface area contributed by atoms with Crippen molar-refractivity contribution in [3.05, 3.63) is 69.9 Å². The van der Waals surface area contributed by atoms with Crippen LogP contribution in [-0.2, 0) is 19.4 Å². The molecule has 188 valence electrons.